The molecule has 1 heterocycles. The predicted molar refractivity (Wildman–Crippen MR) is 97.8 cm³/mol. The van der Waals surface area contributed by atoms with E-state index in [4.69, 9.17) is 4.74 Å². The van der Waals surface area contributed by atoms with Gasteiger partial charge in [0.2, 0.25) is 5.95 Å². The molecule has 5 nitrogen and oxygen atoms in total. The number of para-hydroxylation sites is 3. The molecule has 0 aliphatic heterocycles. The van der Waals surface area contributed by atoms with Gasteiger partial charge in [-0.15, -0.1) is 0 Å². The molecular weight excluding hydrogens is 357 g/mol. The topological polar surface area (TPSA) is 59.1 Å². The van der Waals surface area contributed by atoms with Crippen molar-refractivity contribution in [3.8, 4) is 5.75 Å². The lowest BCUT2D eigenvalue weighted by atomic mass is 10.1. The standard InChI is InChI=1S/C19H17F3N4O/c1-12-11-17(24-15-9-5-6-10-16(15)27-2)26-18(23-12)25-14-8-4-3-7-13(14)19(20,21)22/h3-11H,1-2H3,(H2,23,24,25,26). The summed E-state index contributed by atoms with van der Waals surface area (Å²) in [4.78, 5) is 8.44. The summed E-state index contributed by atoms with van der Waals surface area (Å²) in [6.07, 6.45) is -4.48. The van der Waals surface area contributed by atoms with Crippen molar-refractivity contribution in [2.24, 2.45) is 0 Å². The molecular formula is C19H17F3N4O. The molecule has 0 amide bonds. The molecule has 0 spiro atoms. The summed E-state index contributed by atoms with van der Waals surface area (Å²) in [5.41, 5.74) is 0.377. The number of aryl methyl sites for hydroxylation is 1. The Hall–Kier alpha value is -3.29. The van der Waals surface area contributed by atoms with E-state index >= 15 is 0 Å². The van der Waals surface area contributed by atoms with Gasteiger partial charge in [0.15, 0.2) is 0 Å². The maximum absolute atomic E-state index is 13.2. The zero-order valence-corrected chi connectivity index (χ0v) is 14.6. The SMILES string of the molecule is COc1ccccc1Nc1cc(C)nc(Nc2ccccc2C(F)(F)F)n1. The zero-order valence-electron chi connectivity index (χ0n) is 14.6. The number of anilines is 4. The van der Waals surface area contributed by atoms with Crippen LogP contribution >= 0.6 is 0 Å². The van der Waals surface area contributed by atoms with Crippen molar-refractivity contribution in [1.82, 2.24) is 9.97 Å². The van der Waals surface area contributed by atoms with Crippen molar-refractivity contribution < 1.29 is 17.9 Å². The van der Waals surface area contributed by atoms with Gasteiger partial charge in [-0.1, -0.05) is 24.3 Å². The zero-order chi connectivity index (χ0) is 19.4. The second-order valence-corrected chi connectivity index (χ2v) is 5.71. The minimum atomic E-state index is -4.48. The van der Waals surface area contributed by atoms with Gasteiger partial charge >= 0.3 is 6.18 Å². The van der Waals surface area contributed by atoms with Crippen LogP contribution in [0.5, 0.6) is 5.75 Å². The van der Waals surface area contributed by atoms with E-state index < -0.39 is 11.7 Å². The van der Waals surface area contributed by atoms with Crippen LogP contribution in [0.3, 0.4) is 0 Å². The summed E-state index contributed by atoms with van der Waals surface area (Å²) in [7, 11) is 1.55. The third-order valence-electron chi connectivity index (χ3n) is 3.70. The lowest BCUT2D eigenvalue weighted by Gasteiger charge is -2.15. The minimum absolute atomic E-state index is 0.0593. The van der Waals surface area contributed by atoms with Crippen molar-refractivity contribution in [3.63, 3.8) is 0 Å². The van der Waals surface area contributed by atoms with Crippen LogP contribution in [0.25, 0.3) is 0 Å². The molecule has 2 N–H and O–H groups in total. The van der Waals surface area contributed by atoms with Crippen LogP contribution in [0.4, 0.5) is 36.3 Å². The number of methoxy groups -OCH3 is 1. The molecule has 0 saturated heterocycles. The number of ether oxygens (including phenoxy) is 1. The molecule has 140 valence electrons. The molecule has 0 unspecified atom stereocenters. The molecule has 0 radical (unpaired) electrons. The number of benzene rings is 2. The van der Waals surface area contributed by atoms with Crippen LogP contribution in [0.15, 0.2) is 54.6 Å². The lowest BCUT2D eigenvalue weighted by molar-refractivity contribution is -0.136. The lowest BCUT2D eigenvalue weighted by Crippen LogP contribution is -2.10. The Morgan fingerprint density at radius 1 is 0.889 bits per heavy atom. The average molecular weight is 374 g/mol. The van der Waals surface area contributed by atoms with Gasteiger partial charge in [-0.05, 0) is 31.2 Å². The minimum Gasteiger partial charge on any atom is -0.495 e. The number of hydrogen-bond donors (Lipinski definition) is 2. The first kappa shape index (κ1) is 18.5. The van der Waals surface area contributed by atoms with E-state index in [1.54, 1.807) is 26.2 Å². The Bertz CT molecular complexity index is 944. The second kappa shape index (κ2) is 7.53. The fraction of sp³-hybridized carbons (Fsp3) is 0.158. The van der Waals surface area contributed by atoms with Crippen LogP contribution in [0.1, 0.15) is 11.3 Å². The highest BCUT2D eigenvalue weighted by Gasteiger charge is 2.33. The second-order valence-electron chi connectivity index (χ2n) is 5.71. The summed E-state index contributed by atoms with van der Waals surface area (Å²) in [5.74, 6) is 1.11. The molecule has 8 heteroatoms. The molecule has 0 bridgehead atoms. The first-order valence-corrected chi connectivity index (χ1v) is 8.06. The van der Waals surface area contributed by atoms with Gasteiger partial charge in [0.05, 0.1) is 24.0 Å². The number of alkyl halides is 3. The van der Waals surface area contributed by atoms with Gasteiger partial charge in [-0.3, -0.25) is 0 Å². The summed E-state index contributed by atoms with van der Waals surface area (Å²) >= 11 is 0. The Morgan fingerprint density at radius 3 is 2.26 bits per heavy atom. The molecule has 0 atom stereocenters. The van der Waals surface area contributed by atoms with Gasteiger partial charge in [-0.2, -0.15) is 18.2 Å². The van der Waals surface area contributed by atoms with E-state index in [2.05, 4.69) is 20.6 Å². The predicted octanol–water partition coefficient (Wildman–Crippen LogP) is 5.30. The van der Waals surface area contributed by atoms with Crippen LogP contribution in [-0.4, -0.2) is 17.1 Å². The molecule has 3 rings (SSSR count). The van der Waals surface area contributed by atoms with Gasteiger partial charge < -0.3 is 15.4 Å². The number of halogens is 3. The molecule has 2 aromatic carbocycles. The van der Waals surface area contributed by atoms with E-state index in [0.29, 0.717) is 22.9 Å². The van der Waals surface area contributed by atoms with Crippen molar-refractivity contribution in [2.75, 3.05) is 17.7 Å². The molecule has 27 heavy (non-hydrogen) atoms. The molecule has 0 fully saturated rings. The highest BCUT2D eigenvalue weighted by atomic mass is 19.4. The summed E-state index contributed by atoms with van der Waals surface area (Å²) in [6.45, 7) is 1.73. The highest BCUT2D eigenvalue weighted by molar-refractivity contribution is 5.66. The molecule has 0 aliphatic rings. The average Bonchev–Trinajstić information content (AvgIpc) is 2.61. The number of rotatable bonds is 5. The fourth-order valence-corrected chi connectivity index (χ4v) is 2.53. The van der Waals surface area contributed by atoms with Gasteiger partial charge in [0, 0.05) is 11.8 Å². The smallest absolute Gasteiger partial charge is 0.418 e. The maximum Gasteiger partial charge on any atom is 0.418 e. The largest absolute Gasteiger partial charge is 0.495 e. The third kappa shape index (κ3) is 4.46. The highest BCUT2D eigenvalue weighted by Crippen LogP contribution is 2.35. The quantitative estimate of drug-likeness (QED) is 0.635. The van der Waals surface area contributed by atoms with E-state index in [-0.39, 0.29) is 11.6 Å². The molecule has 1 aromatic heterocycles. The normalized spacial score (nSPS) is 11.1. The monoisotopic (exact) mass is 374 g/mol. The van der Waals surface area contributed by atoms with Crippen LogP contribution in [0, 0.1) is 6.92 Å². The third-order valence-corrected chi connectivity index (χ3v) is 3.70. The van der Waals surface area contributed by atoms with Crippen LogP contribution in [-0.2, 0) is 6.18 Å². The van der Waals surface area contributed by atoms with Crippen molar-refractivity contribution >= 4 is 23.1 Å². The number of nitrogens with zero attached hydrogens (tertiary/aromatic N) is 2. The summed E-state index contributed by atoms with van der Waals surface area (Å²) in [5, 5.41) is 5.76. The molecule has 0 aliphatic carbocycles. The van der Waals surface area contributed by atoms with Crippen molar-refractivity contribution in [1.29, 1.82) is 0 Å². The number of hydrogen-bond acceptors (Lipinski definition) is 5. The van der Waals surface area contributed by atoms with E-state index in [1.165, 1.54) is 18.2 Å². The van der Waals surface area contributed by atoms with Gasteiger partial charge in [0.25, 0.3) is 0 Å². The maximum atomic E-state index is 13.2. The van der Waals surface area contributed by atoms with Gasteiger partial charge in [0.1, 0.15) is 11.6 Å². The first-order valence-electron chi connectivity index (χ1n) is 8.06. The van der Waals surface area contributed by atoms with Crippen molar-refractivity contribution in [3.05, 3.63) is 65.9 Å². The van der Waals surface area contributed by atoms with Gasteiger partial charge in [-0.25, -0.2) is 4.98 Å². The van der Waals surface area contributed by atoms with Crippen molar-refractivity contribution in [2.45, 2.75) is 13.1 Å². The van der Waals surface area contributed by atoms with E-state index in [9.17, 15) is 13.2 Å². The Morgan fingerprint density at radius 2 is 1.56 bits per heavy atom. The first-order chi connectivity index (χ1) is 12.9. The fourth-order valence-electron chi connectivity index (χ4n) is 2.53. The molecule has 3 aromatic rings. The van der Waals surface area contributed by atoms with E-state index in [0.717, 1.165) is 6.07 Å². The molecule has 0 saturated carbocycles. The summed E-state index contributed by atoms with van der Waals surface area (Å²) in [6, 6.07) is 14.1. The number of aromatic nitrogens is 2. The Balaban J connectivity index is 1.91. The van der Waals surface area contributed by atoms with E-state index in [1.807, 2.05) is 18.2 Å². The Labute approximate surface area is 154 Å². The number of nitrogens with one attached hydrogen (secondary N) is 2. The van der Waals surface area contributed by atoms with Crippen LogP contribution in [0.2, 0.25) is 0 Å². The van der Waals surface area contributed by atoms with Crippen LogP contribution < -0.4 is 15.4 Å². The Kier molecular flexibility index (Phi) is 5.16. The summed E-state index contributed by atoms with van der Waals surface area (Å²) < 4.78 is 44.8.